The number of nitrogens with one attached hydrogen (secondary N) is 1. The van der Waals surface area contributed by atoms with E-state index < -0.39 is 0 Å². The zero-order chi connectivity index (χ0) is 13.0. The summed E-state index contributed by atoms with van der Waals surface area (Å²) < 4.78 is 7.31. The Morgan fingerprint density at radius 1 is 1.22 bits per heavy atom. The number of aromatic nitrogens is 2. The molecule has 0 atom stereocenters. The van der Waals surface area contributed by atoms with Crippen LogP contribution in [0.25, 0.3) is 0 Å². The first-order chi connectivity index (χ1) is 8.69. The molecule has 18 heavy (non-hydrogen) atoms. The molecule has 0 amide bonds. The van der Waals surface area contributed by atoms with Crippen LogP contribution in [0.5, 0.6) is 5.88 Å². The molecule has 0 aliphatic heterocycles. The first-order valence-corrected chi connectivity index (χ1v) is 6.64. The smallest absolute Gasteiger partial charge is 0.240 e. The molecule has 0 saturated carbocycles. The highest BCUT2D eigenvalue weighted by Gasteiger charge is 2.06. The van der Waals surface area contributed by atoms with E-state index in [0.29, 0.717) is 22.9 Å². The van der Waals surface area contributed by atoms with Gasteiger partial charge in [0.15, 0.2) is 0 Å². The minimum atomic E-state index is 0.309. The molecule has 0 aliphatic carbocycles. The molecule has 2 rings (SSSR count). The molecule has 5 nitrogen and oxygen atoms in total. The third-order valence-corrected chi connectivity index (χ3v) is 3.20. The van der Waals surface area contributed by atoms with Gasteiger partial charge < -0.3 is 4.74 Å². The second-order valence-electron chi connectivity index (χ2n) is 3.41. The number of ether oxygens (including phenoxy) is 1. The van der Waals surface area contributed by atoms with Crippen molar-refractivity contribution in [2.24, 2.45) is 5.84 Å². The number of nitrogen functional groups attached to an aromatic ring is 1. The average Bonchev–Trinajstić information content (AvgIpc) is 2.40. The third kappa shape index (κ3) is 3.41. The Labute approximate surface area is 121 Å². The fraction of sp³-hybridized carbons (Fsp3) is 0.0909. The number of hydrogen-bond donors (Lipinski definition) is 2. The van der Waals surface area contributed by atoms with Gasteiger partial charge >= 0.3 is 0 Å². The van der Waals surface area contributed by atoms with Crippen LogP contribution in [0.1, 0.15) is 5.56 Å². The first kappa shape index (κ1) is 13.3. The van der Waals surface area contributed by atoms with Crippen molar-refractivity contribution < 1.29 is 4.74 Å². The minimum Gasteiger partial charge on any atom is -0.472 e. The van der Waals surface area contributed by atoms with Crippen LogP contribution in [-0.4, -0.2) is 9.97 Å². The van der Waals surface area contributed by atoms with Gasteiger partial charge in [0.05, 0.1) is 10.7 Å². The number of hydrazine groups is 1. The van der Waals surface area contributed by atoms with Crippen LogP contribution >= 0.6 is 31.9 Å². The molecule has 0 bridgehead atoms. The molecule has 7 heteroatoms. The summed E-state index contributed by atoms with van der Waals surface area (Å²) in [5, 5.41) is 0. The number of nitrogens with two attached hydrogens (primary N) is 1. The number of nitrogens with zero attached hydrogens (tertiary/aromatic N) is 2. The summed E-state index contributed by atoms with van der Waals surface area (Å²) in [5.41, 5.74) is 3.42. The molecule has 1 aromatic heterocycles. The lowest BCUT2D eigenvalue weighted by Crippen LogP contribution is -2.11. The summed E-state index contributed by atoms with van der Waals surface area (Å²) in [5.74, 6) is 6.00. The maximum atomic E-state index is 5.60. The van der Waals surface area contributed by atoms with Gasteiger partial charge in [-0.3, -0.25) is 5.43 Å². The molecule has 0 unspecified atom stereocenters. The van der Waals surface area contributed by atoms with Gasteiger partial charge in [-0.05, 0) is 33.6 Å². The lowest BCUT2D eigenvalue weighted by Gasteiger charge is -2.08. The molecule has 0 radical (unpaired) electrons. The lowest BCUT2D eigenvalue weighted by molar-refractivity contribution is 0.291. The summed E-state index contributed by atoms with van der Waals surface area (Å²) in [6.45, 7) is 0.424. The van der Waals surface area contributed by atoms with E-state index in [-0.39, 0.29) is 0 Å². The van der Waals surface area contributed by atoms with Crippen LogP contribution in [0, 0.1) is 0 Å². The Morgan fingerprint density at radius 2 is 1.94 bits per heavy atom. The van der Waals surface area contributed by atoms with Crippen molar-refractivity contribution in [2.75, 3.05) is 5.43 Å². The van der Waals surface area contributed by atoms with Crippen molar-refractivity contribution in [2.45, 2.75) is 6.61 Å². The van der Waals surface area contributed by atoms with Gasteiger partial charge in [-0.15, -0.1) is 0 Å². The molecule has 1 heterocycles. The van der Waals surface area contributed by atoms with Gasteiger partial charge in [0.1, 0.15) is 6.61 Å². The van der Waals surface area contributed by atoms with Gasteiger partial charge in [0, 0.05) is 4.47 Å². The van der Waals surface area contributed by atoms with E-state index in [4.69, 9.17) is 10.6 Å². The van der Waals surface area contributed by atoms with Gasteiger partial charge in [-0.1, -0.05) is 28.1 Å². The second kappa shape index (κ2) is 6.12. The minimum absolute atomic E-state index is 0.309. The SMILES string of the molecule is NNc1ncc(Br)c(OCc2ccc(Br)cc2)n1. The Balaban J connectivity index is 2.07. The molecule has 0 spiro atoms. The molecule has 0 fully saturated rings. The first-order valence-electron chi connectivity index (χ1n) is 5.05. The van der Waals surface area contributed by atoms with E-state index in [0.717, 1.165) is 10.0 Å². The second-order valence-corrected chi connectivity index (χ2v) is 5.18. The molecular weight excluding hydrogens is 364 g/mol. The number of benzene rings is 1. The van der Waals surface area contributed by atoms with Gasteiger partial charge in [0.25, 0.3) is 0 Å². The molecule has 94 valence electrons. The quantitative estimate of drug-likeness (QED) is 0.636. The van der Waals surface area contributed by atoms with E-state index in [1.54, 1.807) is 6.20 Å². The highest BCUT2D eigenvalue weighted by Crippen LogP contribution is 2.23. The molecule has 1 aromatic carbocycles. The monoisotopic (exact) mass is 372 g/mol. The van der Waals surface area contributed by atoms with E-state index in [1.165, 1.54) is 0 Å². The normalized spacial score (nSPS) is 10.2. The molecule has 3 N–H and O–H groups in total. The molecule has 2 aromatic rings. The van der Waals surface area contributed by atoms with Crippen molar-refractivity contribution in [3.63, 3.8) is 0 Å². The number of halogens is 2. The Morgan fingerprint density at radius 3 is 2.61 bits per heavy atom. The van der Waals surface area contributed by atoms with Gasteiger partial charge in [-0.2, -0.15) is 4.98 Å². The topological polar surface area (TPSA) is 73.1 Å². The Kier molecular flexibility index (Phi) is 4.51. The van der Waals surface area contributed by atoms with Crippen molar-refractivity contribution in [1.29, 1.82) is 0 Å². The van der Waals surface area contributed by atoms with E-state index in [9.17, 15) is 0 Å². The summed E-state index contributed by atoms with van der Waals surface area (Å²) in [6.07, 6.45) is 1.58. The predicted molar refractivity (Wildman–Crippen MR) is 76.0 cm³/mol. The largest absolute Gasteiger partial charge is 0.472 e. The maximum Gasteiger partial charge on any atom is 0.240 e. The van der Waals surface area contributed by atoms with Crippen molar-refractivity contribution in [3.8, 4) is 5.88 Å². The maximum absolute atomic E-state index is 5.60. The number of hydrogen-bond acceptors (Lipinski definition) is 5. The van der Waals surface area contributed by atoms with Crippen LogP contribution < -0.4 is 16.0 Å². The van der Waals surface area contributed by atoms with E-state index in [1.807, 2.05) is 24.3 Å². The number of anilines is 1. The number of rotatable bonds is 4. The van der Waals surface area contributed by atoms with Crippen molar-refractivity contribution in [1.82, 2.24) is 9.97 Å². The van der Waals surface area contributed by atoms with Gasteiger partial charge in [0.2, 0.25) is 11.8 Å². The third-order valence-electron chi connectivity index (χ3n) is 2.13. The van der Waals surface area contributed by atoms with Gasteiger partial charge in [-0.25, -0.2) is 10.8 Å². The molecule has 0 aliphatic rings. The highest BCUT2D eigenvalue weighted by atomic mass is 79.9. The Bertz CT molecular complexity index is 533. The lowest BCUT2D eigenvalue weighted by atomic mass is 10.2. The van der Waals surface area contributed by atoms with Crippen LogP contribution in [0.15, 0.2) is 39.4 Å². The fourth-order valence-electron chi connectivity index (χ4n) is 1.25. The summed E-state index contributed by atoms with van der Waals surface area (Å²) >= 11 is 6.70. The van der Waals surface area contributed by atoms with Crippen LogP contribution in [0.4, 0.5) is 5.95 Å². The average molecular weight is 374 g/mol. The van der Waals surface area contributed by atoms with Crippen LogP contribution in [0.2, 0.25) is 0 Å². The van der Waals surface area contributed by atoms with Crippen LogP contribution in [-0.2, 0) is 6.61 Å². The molecule has 0 saturated heterocycles. The molecular formula is C11H10Br2N4O. The highest BCUT2D eigenvalue weighted by molar-refractivity contribution is 9.10. The van der Waals surface area contributed by atoms with Crippen molar-refractivity contribution >= 4 is 37.8 Å². The zero-order valence-electron chi connectivity index (χ0n) is 9.23. The van der Waals surface area contributed by atoms with E-state index in [2.05, 4.69) is 47.3 Å². The van der Waals surface area contributed by atoms with Crippen molar-refractivity contribution in [3.05, 3.63) is 45.0 Å². The predicted octanol–water partition coefficient (Wildman–Crippen LogP) is 2.87. The van der Waals surface area contributed by atoms with Crippen LogP contribution in [0.3, 0.4) is 0 Å². The summed E-state index contributed by atoms with van der Waals surface area (Å²) in [4.78, 5) is 8.04. The fourth-order valence-corrected chi connectivity index (χ4v) is 1.82. The van der Waals surface area contributed by atoms with E-state index >= 15 is 0 Å². The summed E-state index contributed by atoms with van der Waals surface area (Å²) in [6, 6.07) is 7.86. The zero-order valence-corrected chi connectivity index (χ0v) is 12.4. The standard InChI is InChI=1S/C11H10Br2N4O/c12-8-3-1-7(2-4-8)6-18-10-9(13)5-15-11(16-10)17-14/h1-5H,6,14H2,(H,15,16,17). The Hall–Kier alpha value is -1.18. The summed E-state index contributed by atoms with van der Waals surface area (Å²) in [7, 11) is 0.